The largest absolute Gasteiger partial charge is 0.396 e. The first-order valence-corrected chi connectivity index (χ1v) is 9.57. The van der Waals surface area contributed by atoms with Gasteiger partial charge in [-0.2, -0.15) is 5.26 Å². The van der Waals surface area contributed by atoms with E-state index < -0.39 is 0 Å². The molecule has 3 rings (SSSR count). The number of likely N-dealkylation sites (tertiary alicyclic amines) is 1. The van der Waals surface area contributed by atoms with E-state index in [4.69, 9.17) is 5.26 Å². The van der Waals surface area contributed by atoms with Gasteiger partial charge >= 0.3 is 0 Å². The average molecular weight is 356 g/mol. The monoisotopic (exact) mass is 355 g/mol. The van der Waals surface area contributed by atoms with Gasteiger partial charge in [0.1, 0.15) is 10.9 Å². The molecule has 0 spiro atoms. The molecule has 0 bridgehead atoms. The van der Waals surface area contributed by atoms with Gasteiger partial charge in [0.05, 0.1) is 11.2 Å². The first-order valence-electron chi connectivity index (χ1n) is 8.75. The number of hydrogen-bond donors (Lipinski definition) is 1. The number of aromatic nitrogens is 1. The molecular weight excluding hydrogens is 330 g/mol. The molecule has 0 aliphatic carbocycles. The Bertz CT molecular complexity index is 750. The van der Waals surface area contributed by atoms with Crippen LogP contribution < -0.4 is 0 Å². The molecule has 0 aromatic carbocycles. The van der Waals surface area contributed by atoms with E-state index in [0.29, 0.717) is 0 Å². The normalized spacial score (nSPS) is 21.4. The lowest BCUT2D eigenvalue weighted by atomic mass is 9.83. The second kappa shape index (κ2) is 7.25. The Morgan fingerprint density at radius 1 is 1.36 bits per heavy atom. The fourth-order valence-corrected chi connectivity index (χ4v) is 4.48. The Kier molecular flexibility index (Phi) is 5.24. The van der Waals surface area contributed by atoms with Crippen molar-refractivity contribution in [1.82, 2.24) is 9.88 Å². The van der Waals surface area contributed by atoms with Crippen LogP contribution >= 0.6 is 11.3 Å². The predicted molar refractivity (Wildman–Crippen MR) is 100 cm³/mol. The highest BCUT2D eigenvalue weighted by atomic mass is 32.1. The molecule has 25 heavy (non-hydrogen) atoms. The van der Waals surface area contributed by atoms with E-state index in [0.717, 1.165) is 42.9 Å². The van der Waals surface area contributed by atoms with E-state index in [1.165, 1.54) is 4.88 Å². The molecule has 0 amide bonds. The zero-order valence-electron chi connectivity index (χ0n) is 14.9. The van der Waals surface area contributed by atoms with Crippen LogP contribution in [0.3, 0.4) is 0 Å². The van der Waals surface area contributed by atoms with Crippen LogP contribution in [0.4, 0.5) is 0 Å². The molecular formula is C20H25N3OS. The molecule has 1 N–H and O–H groups in total. The molecule has 1 fully saturated rings. The number of aliphatic hydroxyl groups excluding tert-OH is 1. The van der Waals surface area contributed by atoms with Crippen molar-refractivity contribution in [1.29, 1.82) is 5.26 Å². The number of pyridine rings is 1. The predicted octanol–water partition coefficient (Wildman–Crippen LogP) is 3.57. The van der Waals surface area contributed by atoms with Crippen molar-refractivity contribution in [2.45, 2.75) is 38.6 Å². The number of nitriles is 1. The number of aliphatic hydroxyl groups is 1. The first-order chi connectivity index (χ1) is 12.0. The lowest BCUT2D eigenvalue weighted by Gasteiger charge is -2.37. The van der Waals surface area contributed by atoms with Crippen LogP contribution in [-0.4, -0.2) is 34.7 Å². The molecule has 2 aromatic heterocycles. The number of nitrogens with zero attached hydrogens (tertiary/aromatic N) is 3. The van der Waals surface area contributed by atoms with Crippen molar-refractivity contribution in [2.75, 3.05) is 19.7 Å². The fourth-order valence-electron chi connectivity index (χ4n) is 3.67. The standard InChI is InChI=1S/C20H25N3OS/c1-19(2,18-5-3-4-11-22-18)23-12-10-20(14-23,15-24)9-8-16-6-7-17(13-21)25-16/h3-7,11,24H,8-10,12,14-15H2,1-2H3/t20-/m1/s1. The summed E-state index contributed by atoms with van der Waals surface area (Å²) in [5.41, 5.74) is 0.860. The molecule has 2 aromatic rings. The topological polar surface area (TPSA) is 60.1 Å². The maximum absolute atomic E-state index is 10.1. The smallest absolute Gasteiger partial charge is 0.110 e. The lowest BCUT2D eigenvalue weighted by Crippen LogP contribution is -2.42. The lowest BCUT2D eigenvalue weighted by molar-refractivity contribution is 0.0855. The van der Waals surface area contributed by atoms with Crippen LogP contribution in [0, 0.1) is 16.7 Å². The van der Waals surface area contributed by atoms with Crippen LogP contribution in [0.15, 0.2) is 36.5 Å². The van der Waals surface area contributed by atoms with Gasteiger partial charge in [-0.15, -0.1) is 11.3 Å². The molecule has 4 nitrogen and oxygen atoms in total. The van der Waals surface area contributed by atoms with Gasteiger partial charge in [-0.1, -0.05) is 6.07 Å². The fraction of sp³-hybridized carbons (Fsp3) is 0.500. The average Bonchev–Trinajstić information content (AvgIpc) is 3.28. The van der Waals surface area contributed by atoms with Crippen molar-refractivity contribution in [3.05, 3.63) is 52.0 Å². The van der Waals surface area contributed by atoms with Crippen LogP contribution in [0.2, 0.25) is 0 Å². The highest BCUT2D eigenvalue weighted by Crippen LogP contribution is 2.41. The van der Waals surface area contributed by atoms with Crippen LogP contribution in [0.5, 0.6) is 0 Å². The molecule has 0 unspecified atom stereocenters. The molecule has 0 radical (unpaired) electrons. The zero-order chi connectivity index (χ0) is 17.9. The van der Waals surface area contributed by atoms with E-state index >= 15 is 0 Å². The Morgan fingerprint density at radius 2 is 2.20 bits per heavy atom. The molecule has 1 aliphatic heterocycles. The molecule has 1 saturated heterocycles. The van der Waals surface area contributed by atoms with Gasteiger partial charge in [-0.25, -0.2) is 0 Å². The summed E-state index contributed by atoms with van der Waals surface area (Å²) in [5.74, 6) is 0. The minimum atomic E-state index is -0.144. The Hall–Kier alpha value is -1.74. The van der Waals surface area contributed by atoms with Crippen molar-refractivity contribution < 1.29 is 5.11 Å². The van der Waals surface area contributed by atoms with Gasteiger partial charge in [0.15, 0.2) is 0 Å². The van der Waals surface area contributed by atoms with Crippen LogP contribution in [-0.2, 0) is 12.0 Å². The maximum Gasteiger partial charge on any atom is 0.110 e. The first kappa shape index (κ1) is 18.1. The Labute approximate surface area is 153 Å². The van der Waals surface area contributed by atoms with Gasteiger partial charge in [-0.05, 0) is 63.9 Å². The van der Waals surface area contributed by atoms with Crippen molar-refractivity contribution in [3.8, 4) is 6.07 Å². The SMILES string of the molecule is CC(C)(c1ccccn1)N1CC[C@](CO)(CCc2ccc(C#N)s2)C1. The molecule has 3 heterocycles. The highest BCUT2D eigenvalue weighted by Gasteiger charge is 2.43. The van der Waals surface area contributed by atoms with Crippen molar-refractivity contribution >= 4 is 11.3 Å². The minimum absolute atomic E-state index is 0.0666. The van der Waals surface area contributed by atoms with E-state index in [1.807, 2.05) is 30.5 Å². The van der Waals surface area contributed by atoms with E-state index in [-0.39, 0.29) is 17.6 Å². The molecule has 1 aliphatic rings. The quantitative estimate of drug-likeness (QED) is 0.860. The maximum atomic E-state index is 10.1. The second-order valence-electron chi connectivity index (χ2n) is 7.48. The van der Waals surface area contributed by atoms with Gasteiger partial charge in [0.2, 0.25) is 0 Å². The number of rotatable bonds is 6. The third-order valence-electron chi connectivity index (χ3n) is 5.53. The number of aryl methyl sites for hydroxylation is 1. The third-order valence-corrected chi connectivity index (χ3v) is 6.58. The summed E-state index contributed by atoms with van der Waals surface area (Å²) < 4.78 is 0. The van der Waals surface area contributed by atoms with Gasteiger partial charge in [0, 0.05) is 29.6 Å². The minimum Gasteiger partial charge on any atom is -0.396 e. The van der Waals surface area contributed by atoms with E-state index in [2.05, 4.69) is 35.9 Å². The van der Waals surface area contributed by atoms with Crippen LogP contribution in [0.25, 0.3) is 0 Å². The van der Waals surface area contributed by atoms with Crippen molar-refractivity contribution in [2.24, 2.45) is 5.41 Å². The highest BCUT2D eigenvalue weighted by molar-refractivity contribution is 7.12. The van der Waals surface area contributed by atoms with Gasteiger partial charge in [0.25, 0.3) is 0 Å². The van der Waals surface area contributed by atoms with Gasteiger partial charge < -0.3 is 5.11 Å². The summed E-state index contributed by atoms with van der Waals surface area (Å²) >= 11 is 1.56. The summed E-state index contributed by atoms with van der Waals surface area (Å²) in [4.78, 5) is 8.98. The molecule has 132 valence electrons. The molecule has 1 atom stereocenters. The van der Waals surface area contributed by atoms with Crippen molar-refractivity contribution in [3.63, 3.8) is 0 Å². The number of thiophene rings is 1. The molecule has 5 heteroatoms. The summed E-state index contributed by atoms with van der Waals surface area (Å²) in [6.07, 6.45) is 4.71. The third kappa shape index (κ3) is 3.77. The van der Waals surface area contributed by atoms with Gasteiger partial charge in [-0.3, -0.25) is 9.88 Å². The Morgan fingerprint density at radius 3 is 2.84 bits per heavy atom. The van der Waals surface area contributed by atoms with E-state index in [1.54, 1.807) is 11.3 Å². The summed E-state index contributed by atoms with van der Waals surface area (Å²) in [7, 11) is 0. The zero-order valence-corrected chi connectivity index (χ0v) is 15.7. The van der Waals surface area contributed by atoms with Crippen LogP contribution in [0.1, 0.15) is 42.1 Å². The number of hydrogen-bond acceptors (Lipinski definition) is 5. The second-order valence-corrected chi connectivity index (χ2v) is 8.65. The summed E-state index contributed by atoms with van der Waals surface area (Å²) in [6.45, 7) is 6.47. The summed E-state index contributed by atoms with van der Waals surface area (Å²) in [6, 6.07) is 12.2. The molecule has 0 saturated carbocycles. The Balaban J connectivity index is 1.69. The van der Waals surface area contributed by atoms with E-state index in [9.17, 15) is 5.11 Å². The summed E-state index contributed by atoms with van der Waals surface area (Å²) in [5, 5.41) is 19.1.